The minimum absolute atomic E-state index is 0.0341. The molecule has 2 fully saturated rings. The van der Waals surface area contributed by atoms with Gasteiger partial charge in [-0.1, -0.05) is 18.2 Å². The summed E-state index contributed by atoms with van der Waals surface area (Å²) in [5.74, 6) is 0.471. The number of benzene rings is 1. The molecule has 0 unspecified atom stereocenters. The van der Waals surface area contributed by atoms with Crippen LogP contribution in [0.2, 0.25) is 0 Å². The number of ether oxygens (including phenoxy) is 1. The van der Waals surface area contributed by atoms with Gasteiger partial charge < -0.3 is 20.1 Å². The van der Waals surface area contributed by atoms with Gasteiger partial charge in [0.2, 0.25) is 5.91 Å². The van der Waals surface area contributed by atoms with Crippen molar-refractivity contribution in [1.82, 2.24) is 20.1 Å². The van der Waals surface area contributed by atoms with Crippen molar-refractivity contribution in [3.8, 4) is 5.75 Å². The lowest BCUT2D eigenvalue weighted by Gasteiger charge is -2.39. The smallest absolute Gasteiger partial charge is 0.257 e. The van der Waals surface area contributed by atoms with Gasteiger partial charge in [0.15, 0.2) is 0 Å². The number of β-amino-alcohol motifs (C(OH)–C–C–N with tert-alkyl or cyclic N) is 1. The van der Waals surface area contributed by atoms with Gasteiger partial charge in [0, 0.05) is 44.6 Å². The Morgan fingerprint density at radius 2 is 1.97 bits per heavy atom. The van der Waals surface area contributed by atoms with Crippen LogP contribution in [0.25, 0.3) is 0 Å². The fourth-order valence-corrected chi connectivity index (χ4v) is 4.70. The maximum absolute atomic E-state index is 13.0. The van der Waals surface area contributed by atoms with Gasteiger partial charge in [-0.2, -0.15) is 0 Å². The van der Waals surface area contributed by atoms with Gasteiger partial charge in [-0.25, -0.2) is 0 Å². The van der Waals surface area contributed by atoms with Gasteiger partial charge in [0.05, 0.1) is 24.8 Å². The van der Waals surface area contributed by atoms with Gasteiger partial charge in [-0.15, -0.1) is 0 Å². The number of nitrogens with one attached hydrogen (secondary N) is 1. The third-order valence-electron chi connectivity index (χ3n) is 6.37. The lowest BCUT2D eigenvalue weighted by molar-refractivity contribution is -0.126. The number of aromatic nitrogens is 1. The molecule has 0 saturated carbocycles. The summed E-state index contributed by atoms with van der Waals surface area (Å²) in [5.41, 5.74) is 1.51. The number of carbonyl (C=O) groups is 2. The first-order valence-electron chi connectivity index (χ1n) is 11.1. The monoisotopic (exact) mass is 438 g/mol. The summed E-state index contributed by atoms with van der Waals surface area (Å²) in [7, 11) is 1.57. The molecule has 0 radical (unpaired) electrons. The van der Waals surface area contributed by atoms with E-state index in [4.69, 9.17) is 4.74 Å². The van der Waals surface area contributed by atoms with E-state index in [0.717, 1.165) is 18.4 Å². The van der Waals surface area contributed by atoms with Crippen molar-refractivity contribution in [2.75, 3.05) is 26.7 Å². The molecule has 2 N–H and O–H groups in total. The lowest BCUT2D eigenvalue weighted by Crippen LogP contribution is -2.52. The van der Waals surface area contributed by atoms with Crippen LogP contribution in [0.1, 0.15) is 35.2 Å². The van der Waals surface area contributed by atoms with Crippen molar-refractivity contribution >= 4 is 11.8 Å². The van der Waals surface area contributed by atoms with Crippen molar-refractivity contribution in [1.29, 1.82) is 0 Å². The predicted octanol–water partition coefficient (Wildman–Crippen LogP) is 1.45. The van der Waals surface area contributed by atoms with Crippen molar-refractivity contribution in [3.63, 3.8) is 0 Å². The van der Waals surface area contributed by atoms with Crippen LogP contribution < -0.4 is 10.1 Å². The van der Waals surface area contributed by atoms with Crippen LogP contribution in [-0.2, 0) is 11.3 Å². The molecule has 2 saturated heterocycles. The number of carbonyl (C=O) groups excluding carboxylic acids is 2. The molecule has 8 heteroatoms. The molecule has 170 valence electrons. The Bertz CT molecular complexity index is 931. The van der Waals surface area contributed by atoms with E-state index >= 15 is 0 Å². The third kappa shape index (κ3) is 4.92. The fourth-order valence-electron chi connectivity index (χ4n) is 4.70. The summed E-state index contributed by atoms with van der Waals surface area (Å²) in [5, 5.41) is 13.3. The summed E-state index contributed by atoms with van der Waals surface area (Å²) in [6.07, 6.45) is 4.87. The normalized spacial score (nSPS) is 22.0. The van der Waals surface area contributed by atoms with Gasteiger partial charge in [0.1, 0.15) is 5.75 Å². The first-order valence-corrected chi connectivity index (χ1v) is 11.1. The van der Waals surface area contributed by atoms with Gasteiger partial charge >= 0.3 is 0 Å². The molecule has 3 heterocycles. The third-order valence-corrected chi connectivity index (χ3v) is 6.37. The topological polar surface area (TPSA) is 95.0 Å². The fraction of sp³-hybridized carbons (Fsp3) is 0.458. The van der Waals surface area contributed by atoms with Crippen LogP contribution in [0.3, 0.4) is 0 Å². The molecule has 2 aliphatic heterocycles. The van der Waals surface area contributed by atoms with Crippen molar-refractivity contribution in [3.05, 3.63) is 59.9 Å². The number of methoxy groups -OCH3 is 1. The minimum atomic E-state index is -0.516. The zero-order chi connectivity index (χ0) is 22.5. The highest BCUT2D eigenvalue weighted by Crippen LogP contribution is 2.28. The van der Waals surface area contributed by atoms with Crippen molar-refractivity contribution < 1.29 is 19.4 Å². The minimum Gasteiger partial charge on any atom is -0.496 e. The Morgan fingerprint density at radius 1 is 1.19 bits per heavy atom. The molecule has 0 spiro atoms. The second-order valence-corrected chi connectivity index (χ2v) is 8.40. The van der Waals surface area contributed by atoms with E-state index in [0.29, 0.717) is 43.9 Å². The summed E-state index contributed by atoms with van der Waals surface area (Å²) in [4.78, 5) is 33.9. The molecule has 0 aliphatic carbocycles. The number of para-hydroxylation sites is 1. The molecule has 1 aromatic heterocycles. The van der Waals surface area contributed by atoms with Crippen LogP contribution in [-0.4, -0.2) is 76.6 Å². The lowest BCUT2D eigenvalue weighted by atomic mass is 10.0. The Hall–Kier alpha value is -2.97. The summed E-state index contributed by atoms with van der Waals surface area (Å²) >= 11 is 0. The molecule has 0 bridgehead atoms. The van der Waals surface area contributed by atoms with E-state index in [1.54, 1.807) is 31.6 Å². The van der Waals surface area contributed by atoms with E-state index < -0.39 is 6.10 Å². The maximum Gasteiger partial charge on any atom is 0.257 e. The first kappa shape index (κ1) is 22.2. The zero-order valence-electron chi connectivity index (χ0n) is 18.3. The number of aliphatic hydroxyl groups excluding tert-OH is 1. The SMILES string of the molecule is COc1ccccc1C(=O)N1CCC(N2C[C@H](O)C[C@H]2C(=O)NCc2cccnc2)CC1. The summed E-state index contributed by atoms with van der Waals surface area (Å²) in [6, 6.07) is 10.8. The maximum atomic E-state index is 13.0. The van der Waals surface area contributed by atoms with E-state index in [2.05, 4.69) is 15.2 Å². The van der Waals surface area contributed by atoms with E-state index in [1.807, 2.05) is 29.2 Å². The predicted molar refractivity (Wildman–Crippen MR) is 119 cm³/mol. The number of hydrogen-bond acceptors (Lipinski definition) is 6. The number of pyridine rings is 1. The van der Waals surface area contributed by atoms with Crippen molar-refractivity contribution in [2.45, 2.75) is 44.0 Å². The van der Waals surface area contributed by atoms with Crippen LogP contribution in [0.15, 0.2) is 48.8 Å². The van der Waals surface area contributed by atoms with Gasteiger partial charge in [-0.05, 0) is 43.0 Å². The standard InChI is InChI=1S/C24H30N4O4/c1-32-22-7-3-2-6-20(22)24(31)27-11-8-18(9-12-27)28-16-19(29)13-21(28)23(30)26-15-17-5-4-10-25-14-17/h2-7,10,14,18-19,21,29H,8-9,11-13,15-16H2,1H3,(H,26,30)/t19-,21+/m1/s1. The Kier molecular flexibility index (Phi) is 7.02. The molecular formula is C24H30N4O4. The van der Waals surface area contributed by atoms with Crippen LogP contribution >= 0.6 is 0 Å². The zero-order valence-corrected chi connectivity index (χ0v) is 18.3. The molecule has 2 amide bonds. The average Bonchev–Trinajstić information content (AvgIpc) is 3.24. The molecule has 1 aromatic carbocycles. The average molecular weight is 439 g/mol. The number of hydrogen-bond donors (Lipinski definition) is 2. The number of likely N-dealkylation sites (tertiary alicyclic amines) is 2. The highest BCUT2D eigenvalue weighted by atomic mass is 16.5. The van der Waals surface area contributed by atoms with E-state index in [1.165, 1.54) is 0 Å². The summed E-state index contributed by atoms with van der Waals surface area (Å²) in [6.45, 7) is 2.12. The second kappa shape index (κ2) is 10.1. The number of rotatable bonds is 6. The Morgan fingerprint density at radius 3 is 2.69 bits per heavy atom. The number of aliphatic hydroxyl groups is 1. The highest BCUT2D eigenvalue weighted by molar-refractivity contribution is 5.97. The van der Waals surface area contributed by atoms with E-state index in [-0.39, 0.29) is 23.9 Å². The number of piperidine rings is 1. The molecule has 2 aliphatic rings. The molecular weight excluding hydrogens is 408 g/mol. The van der Waals surface area contributed by atoms with Crippen LogP contribution in [0.4, 0.5) is 0 Å². The summed E-state index contributed by atoms with van der Waals surface area (Å²) < 4.78 is 5.33. The molecule has 2 aromatic rings. The quantitative estimate of drug-likeness (QED) is 0.709. The Labute approximate surface area is 188 Å². The van der Waals surface area contributed by atoms with Crippen LogP contribution in [0.5, 0.6) is 5.75 Å². The first-order chi connectivity index (χ1) is 15.6. The molecule has 4 rings (SSSR count). The molecule has 32 heavy (non-hydrogen) atoms. The van der Waals surface area contributed by atoms with Gasteiger partial charge in [0.25, 0.3) is 5.91 Å². The van der Waals surface area contributed by atoms with E-state index in [9.17, 15) is 14.7 Å². The largest absolute Gasteiger partial charge is 0.496 e. The molecule has 8 nitrogen and oxygen atoms in total. The van der Waals surface area contributed by atoms with Crippen LogP contribution in [0, 0.1) is 0 Å². The van der Waals surface area contributed by atoms with Crippen molar-refractivity contribution in [2.24, 2.45) is 0 Å². The van der Waals surface area contributed by atoms with Gasteiger partial charge in [-0.3, -0.25) is 19.5 Å². The second-order valence-electron chi connectivity index (χ2n) is 8.40. The number of nitrogens with zero attached hydrogens (tertiary/aromatic N) is 3. The number of amides is 2. The highest BCUT2D eigenvalue weighted by Gasteiger charge is 2.41. The Balaban J connectivity index is 1.35. The molecule has 2 atom stereocenters.